The Labute approximate surface area is 102 Å². The number of hydrogen-bond acceptors (Lipinski definition) is 2. The fourth-order valence-corrected chi connectivity index (χ4v) is 2.41. The monoisotopic (exact) mass is 232 g/mol. The zero-order valence-corrected chi connectivity index (χ0v) is 10.2. The molecule has 0 bridgehead atoms. The highest BCUT2D eigenvalue weighted by atomic mass is 16.1. The third kappa shape index (κ3) is 3.07. The van der Waals surface area contributed by atoms with E-state index in [2.05, 4.69) is 5.32 Å². The van der Waals surface area contributed by atoms with E-state index in [4.69, 9.17) is 5.73 Å². The van der Waals surface area contributed by atoms with E-state index in [1.807, 2.05) is 37.3 Å². The second kappa shape index (κ2) is 5.32. The Morgan fingerprint density at radius 1 is 1.35 bits per heavy atom. The number of rotatable bonds is 3. The molecule has 1 fully saturated rings. The van der Waals surface area contributed by atoms with E-state index in [-0.39, 0.29) is 23.9 Å². The summed E-state index contributed by atoms with van der Waals surface area (Å²) in [5, 5.41) is 3.06. The third-order valence-electron chi connectivity index (χ3n) is 3.50. The van der Waals surface area contributed by atoms with Crippen molar-refractivity contribution < 1.29 is 4.79 Å². The van der Waals surface area contributed by atoms with Gasteiger partial charge in [-0.1, -0.05) is 30.3 Å². The van der Waals surface area contributed by atoms with Crippen LogP contribution in [0.2, 0.25) is 0 Å². The summed E-state index contributed by atoms with van der Waals surface area (Å²) >= 11 is 0. The Bertz CT molecular complexity index is 377. The molecule has 3 atom stereocenters. The maximum absolute atomic E-state index is 12.0. The van der Waals surface area contributed by atoms with Crippen LogP contribution in [0.4, 0.5) is 0 Å². The normalized spacial score (nSPS) is 25.5. The molecule has 1 aromatic carbocycles. The van der Waals surface area contributed by atoms with Crippen molar-refractivity contribution in [1.82, 2.24) is 5.32 Å². The minimum absolute atomic E-state index is 0.0699. The first-order valence-electron chi connectivity index (χ1n) is 6.27. The van der Waals surface area contributed by atoms with Gasteiger partial charge in [0.15, 0.2) is 0 Å². The lowest BCUT2D eigenvalue weighted by molar-refractivity contribution is -0.125. The summed E-state index contributed by atoms with van der Waals surface area (Å²) in [5.41, 5.74) is 6.97. The van der Waals surface area contributed by atoms with Crippen LogP contribution < -0.4 is 11.1 Å². The lowest BCUT2D eigenvalue weighted by Gasteiger charge is -2.17. The third-order valence-corrected chi connectivity index (χ3v) is 3.50. The molecular weight excluding hydrogens is 212 g/mol. The van der Waals surface area contributed by atoms with E-state index in [0.29, 0.717) is 0 Å². The summed E-state index contributed by atoms with van der Waals surface area (Å²) in [6.45, 7) is 2.02. The molecule has 92 valence electrons. The Kier molecular flexibility index (Phi) is 3.79. The van der Waals surface area contributed by atoms with Gasteiger partial charge in [-0.2, -0.15) is 0 Å². The average molecular weight is 232 g/mol. The minimum Gasteiger partial charge on any atom is -0.349 e. The van der Waals surface area contributed by atoms with Crippen molar-refractivity contribution in [1.29, 1.82) is 0 Å². The van der Waals surface area contributed by atoms with Gasteiger partial charge in [0.2, 0.25) is 5.91 Å². The summed E-state index contributed by atoms with van der Waals surface area (Å²) in [4.78, 5) is 12.0. The Hall–Kier alpha value is -1.35. The number of nitrogens with two attached hydrogens (primary N) is 1. The minimum atomic E-state index is 0.0699. The highest BCUT2D eigenvalue weighted by Gasteiger charge is 2.28. The van der Waals surface area contributed by atoms with Crippen LogP contribution in [0.3, 0.4) is 0 Å². The van der Waals surface area contributed by atoms with Crippen molar-refractivity contribution in [2.45, 2.75) is 38.3 Å². The van der Waals surface area contributed by atoms with Crippen molar-refractivity contribution in [2.75, 3.05) is 0 Å². The SMILES string of the molecule is C[C@@H](NC(=O)C1CCC(N)C1)c1ccccc1. The highest BCUT2D eigenvalue weighted by molar-refractivity contribution is 5.79. The lowest BCUT2D eigenvalue weighted by atomic mass is 10.0. The van der Waals surface area contributed by atoms with E-state index in [0.717, 1.165) is 24.8 Å². The molecule has 3 nitrogen and oxygen atoms in total. The summed E-state index contributed by atoms with van der Waals surface area (Å²) in [6, 6.07) is 10.3. The molecule has 3 heteroatoms. The molecule has 0 saturated heterocycles. The predicted molar refractivity (Wildman–Crippen MR) is 68.3 cm³/mol. The Morgan fingerprint density at radius 3 is 2.65 bits per heavy atom. The number of benzene rings is 1. The molecule has 0 heterocycles. The number of hydrogen-bond donors (Lipinski definition) is 2. The fraction of sp³-hybridized carbons (Fsp3) is 0.500. The second-order valence-electron chi connectivity index (χ2n) is 4.91. The van der Waals surface area contributed by atoms with Crippen LogP contribution in [0.15, 0.2) is 30.3 Å². The first kappa shape index (κ1) is 12.1. The molecule has 0 aromatic heterocycles. The second-order valence-corrected chi connectivity index (χ2v) is 4.91. The topological polar surface area (TPSA) is 55.1 Å². The van der Waals surface area contributed by atoms with Crippen LogP contribution in [-0.4, -0.2) is 11.9 Å². The van der Waals surface area contributed by atoms with Gasteiger partial charge in [-0.15, -0.1) is 0 Å². The molecule has 1 aliphatic rings. The molecule has 0 spiro atoms. The number of carbonyl (C=O) groups excluding carboxylic acids is 1. The Balaban J connectivity index is 1.91. The quantitative estimate of drug-likeness (QED) is 0.837. The predicted octanol–water partition coefficient (Wildman–Crippen LogP) is 1.99. The van der Waals surface area contributed by atoms with E-state index >= 15 is 0 Å². The van der Waals surface area contributed by atoms with Gasteiger partial charge < -0.3 is 11.1 Å². The summed E-state index contributed by atoms with van der Waals surface area (Å²) < 4.78 is 0. The maximum Gasteiger partial charge on any atom is 0.223 e. The average Bonchev–Trinajstić information content (AvgIpc) is 2.77. The van der Waals surface area contributed by atoms with Gasteiger partial charge in [-0.25, -0.2) is 0 Å². The van der Waals surface area contributed by atoms with E-state index in [1.54, 1.807) is 0 Å². The van der Waals surface area contributed by atoms with Crippen LogP contribution in [0.5, 0.6) is 0 Å². The number of carbonyl (C=O) groups is 1. The van der Waals surface area contributed by atoms with Crippen LogP contribution in [0.25, 0.3) is 0 Å². The lowest BCUT2D eigenvalue weighted by Crippen LogP contribution is -2.32. The molecule has 2 rings (SSSR count). The zero-order chi connectivity index (χ0) is 12.3. The molecule has 1 aromatic rings. The van der Waals surface area contributed by atoms with Gasteiger partial charge in [0.05, 0.1) is 6.04 Å². The molecule has 0 radical (unpaired) electrons. The van der Waals surface area contributed by atoms with Gasteiger partial charge in [-0.3, -0.25) is 4.79 Å². The van der Waals surface area contributed by atoms with E-state index in [9.17, 15) is 4.79 Å². The van der Waals surface area contributed by atoms with Crippen molar-refractivity contribution in [2.24, 2.45) is 11.7 Å². The van der Waals surface area contributed by atoms with Gasteiger partial charge in [0.1, 0.15) is 0 Å². The highest BCUT2D eigenvalue weighted by Crippen LogP contribution is 2.25. The van der Waals surface area contributed by atoms with Gasteiger partial charge in [0.25, 0.3) is 0 Å². The smallest absolute Gasteiger partial charge is 0.223 e. The summed E-state index contributed by atoms with van der Waals surface area (Å²) in [7, 11) is 0. The molecule has 2 unspecified atom stereocenters. The molecule has 0 aliphatic heterocycles. The molecule has 17 heavy (non-hydrogen) atoms. The van der Waals surface area contributed by atoms with Crippen molar-refractivity contribution in [3.05, 3.63) is 35.9 Å². The molecule has 1 aliphatic carbocycles. The molecule has 1 amide bonds. The standard InChI is InChI=1S/C14H20N2O/c1-10(11-5-3-2-4-6-11)16-14(17)12-7-8-13(15)9-12/h2-6,10,12-13H,7-9,15H2,1H3,(H,16,17)/t10-,12?,13?/m1/s1. The van der Waals surface area contributed by atoms with Crippen molar-refractivity contribution in [3.63, 3.8) is 0 Å². The van der Waals surface area contributed by atoms with E-state index in [1.165, 1.54) is 0 Å². The largest absolute Gasteiger partial charge is 0.349 e. The first-order valence-corrected chi connectivity index (χ1v) is 6.27. The molecular formula is C14H20N2O. The maximum atomic E-state index is 12.0. The number of amides is 1. The fourth-order valence-electron chi connectivity index (χ4n) is 2.41. The van der Waals surface area contributed by atoms with Gasteiger partial charge >= 0.3 is 0 Å². The van der Waals surface area contributed by atoms with Gasteiger partial charge in [0, 0.05) is 12.0 Å². The number of nitrogens with one attached hydrogen (secondary N) is 1. The summed E-state index contributed by atoms with van der Waals surface area (Å²) in [5.74, 6) is 0.255. The van der Waals surface area contributed by atoms with Crippen LogP contribution in [0.1, 0.15) is 37.8 Å². The van der Waals surface area contributed by atoms with Crippen LogP contribution >= 0.6 is 0 Å². The van der Waals surface area contributed by atoms with Crippen molar-refractivity contribution in [3.8, 4) is 0 Å². The van der Waals surface area contributed by atoms with Crippen LogP contribution in [0, 0.1) is 5.92 Å². The molecule has 1 saturated carbocycles. The van der Waals surface area contributed by atoms with Crippen LogP contribution in [-0.2, 0) is 4.79 Å². The zero-order valence-electron chi connectivity index (χ0n) is 10.2. The summed E-state index contributed by atoms with van der Waals surface area (Å²) in [6.07, 6.45) is 2.72. The van der Waals surface area contributed by atoms with E-state index < -0.39 is 0 Å². The van der Waals surface area contributed by atoms with Gasteiger partial charge in [-0.05, 0) is 31.7 Å². The Morgan fingerprint density at radius 2 is 2.06 bits per heavy atom. The van der Waals surface area contributed by atoms with Crippen molar-refractivity contribution >= 4 is 5.91 Å². The molecule has 3 N–H and O–H groups in total. The first-order chi connectivity index (χ1) is 8.16.